The molecular weight excluding hydrogens is 671 g/mol. The van der Waals surface area contributed by atoms with E-state index < -0.39 is 29.8 Å². The molecule has 0 radical (unpaired) electrons. The van der Waals surface area contributed by atoms with Gasteiger partial charge in [-0.1, -0.05) is 11.6 Å². The topological polar surface area (TPSA) is 109 Å². The zero-order chi connectivity index (χ0) is 34.0. The molecule has 48 heavy (non-hydrogen) atoms. The lowest BCUT2D eigenvalue weighted by atomic mass is 10.0. The van der Waals surface area contributed by atoms with E-state index in [1.165, 1.54) is 29.4 Å². The molecule has 0 spiro atoms. The second-order valence-corrected chi connectivity index (χ2v) is 14.0. The van der Waals surface area contributed by atoms with Crippen LogP contribution in [0.15, 0.2) is 23.6 Å². The fourth-order valence-corrected chi connectivity index (χ4v) is 8.32. The van der Waals surface area contributed by atoms with Crippen LogP contribution in [0.5, 0.6) is 0 Å². The first-order valence-electron chi connectivity index (χ1n) is 16.4. The third kappa shape index (κ3) is 7.63. The van der Waals surface area contributed by atoms with Crippen LogP contribution >= 0.6 is 22.9 Å². The lowest BCUT2D eigenvalue weighted by Crippen LogP contribution is -2.56. The molecule has 4 aliphatic rings. The van der Waals surface area contributed by atoms with Crippen LogP contribution in [0.25, 0.3) is 0 Å². The quantitative estimate of drug-likeness (QED) is 0.375. The standard InChI is InChI=1S/C32H41ClF3N7O4S/c1-37-27-24(32(34,35)36)16-20(17-25(27)33)18-26(29(44)41-13-11-40(12-14-41)22-2-7-38-8-3-22)47-31(46)42-9-4-23(5-10-42)43-19-21-6-15-48-28(21)39-30(43)45/h6,15-17,22-23,26,37-38H,2-5,7-14,18-19H2,1H3,(H,39,45)/t26-/m1/s1. The average Bonchev–Trinajstić information content (AvgIpc) is 3.54. The molecule has 5 heterocycles. The van der Waals surface area contributed by atoms with Crippen LogP contribution in [-0.2, 0) is 28.7 Å². The molecule has 4 amide bonds. The number of hydrogen-bond acceptors (Lipinski definition) is 8. The van der Waals surface area contributed by atoms with Crippen molar-refractivity contribution in [2.75, 3.05) is 70.0 Å². The number of ether oxygens (including phenoxy) is 1. The first-order valence-corrected chi connectivity index (χ1v) is 17.7. The van der Waals surface area contributed by atoms with Crippen LogP contribution in [0, 0.1) is 0 Å². The van der Waals surface area contributed by atoms with Gasteiger partial charge in [0.05, 0.1) is 22.8 Å². The van der Waals surface area contributed by atoms with E-state index in [-0.39, 0.29) is 34.8 Å². The van der Waals surface area contributed by atoms with Gasteiger partial charge < -0.3 is 30.1 Å². The van der Waals surface area contributed by atoms with Crippen molar-refractivity contribution in [3.63, 3.8) is 0 Å². The van der Waals surface area contributed by atoms with Crippen molar-refractivity contribution in [2.24, 2.45) is 0 Å². The summed E-state index contributed by atoms with van der Waals surface area (Å²) in [5.74, 6) is -0.442. The Morgan fingerprint density at radius 2 is 1.75 bits per heavy atom. The SMILES string of the molecule is CNc1c(Cl)cc(C[C@@H](OC(=O)N2CCC(N3Cc4ccsc4NC3=O)CC2)C(=O)N2CCN(C3CCNCC3)CC2)cc1C(F)(F)F. The molecule has 6 rings (SSSR count). The van der Waals surface area contributed by atoms with Crippen molar-refractivity contribution in [3.8, 4) is 0 Å². The second-order valence-electron chi connectivity index (χ2n) is 12.7. The van der Waals surface area contributed by atoms with E-state index in [0.29, 0.717) is 64.7 Å². The molecular formula is C32H41ClF3N7O4S. The molecule has 0 unspecified atom stereocenters. The minimum absolute atomic E-state index is 0.0793. The van der Waals surface area contributed by atoms with Crippen LogP contribution < -0.4 is 16.0 Å². The maximum atomic E-state index is 14.0. The third-order valence-corrected chi connectivity index (χ3v) is 11.0. The van der Waals surface area contributed by atoms with Gasteiger partial charge in [-0.3, -0.25) is 15.0 Å². The lowest BCUT2D eigenvalue weighted by molar-refractivity contribution is -0.143. The van der Waals surface area contributed by atoms with Gasteiger partial charge in [0.1, 0.15) is 5.00 Å². The summed E-state index contributed by atoms with van der Waals surface area (Å²) in [5.41, 5.74) is -0.0364. The number of rotatable bonds is 7. The van der Waals surface area contributed by atoms with E-state index >= 15 is 0 Å². The minimum Gasteiger partial charge on any atom is -0.436 e. The van der Waals surface area contributed by atoms with E-state index in [9.17, 15) is 27.6 Å². The van der Waals surface area contributed by atoms with Gasteiger partial charge in [-0.15, -0.1) is 11.3 Å². The first kappa shape index (κ1) is 34.6. The molecule has 262 valence electrons. The van der Waals surface area contributed by atoms with E-state index in [1.54, 1.807) is 9.80 Å². The zero-order valence-electron chi connectivity index (χ0n) is 26.8. The Kier molecular flexibility index (Phi) is 10.6. The number of thiophene rings is 1. The minimum atomic E-state index is -4.69. The number of hydrogen-bond donors (Lipinski definition) is 3. The Hall–Kier alpha value is -3.27. The largest absolute Gasteiger partial charge is 0.436 e. The molecule has 1 atom stereocenters. The fraction of sp³-hybridized carbons (Fsp3) is 0.594. The van der Waals surface area contributed by atoms with E-state index in [4.69, 9.17) is 16.3 Å². The maximum Gasteiger partial charge on any atom is 0.418 e. The molecule has 16 heteroatoms. The van der Waals surface area contributed by atoms with Gasteiger partial charge in [0, 0.05) is 70.4 Å². The number of carbonyl (C=O) groups excluding carboxylic acids is 3. The predicted molar refractivity (Wildman–Crippen MR) is 177 cm³/mol. The number of nitrogens with zero attached hydrogens (tertiary/aromatic N) is 4. The number of piperidine rings is 2. The molecule has 11 nitrogen and oxygen atoms in total. The van der Waals surface area contributed by atoms with Crippen LogP contribution in [0.4, 0.5) is 33.4 Å². The third-order valence-electron chi connectivity index (χ3n) is 9.83. The molecule has 3 N–H and O–H groups in total. The molecule has 3 fully saturated rings. The first-order chi connectivity index (χ1) is 23.0. The van der Waals surface area contributed by atoms with Crippen molar-refractivity contribution in [1.82, 2.24) is 24.9 Å². The highest BCUT2D eigenvalue weighted by molar-refractivity contribution is 7.14. The van der Waals surface area contributed by atoms with Gasteiger partial charge in [0.15, 0.2) is 6.10 Å². The van der Waals surface area contributed by atoms with Gasteiger partial charge in [-0.05, 0) is 67.9 Å². The fourth-order valence-electron chi connectivity index (χ4n) is 7.18. The summed E-state index contributed by atoms with van der Waals surface area (Å²) in [6.07, 6.45) is -3.90. The van der Waals surface area contributed by atoms with Crippen LogP contribution in [0.2, 0.25) is 5.02 Å². The number of anilines is 2. The van der Waals surface area contributed by atoms with Crippen LogP contribution in [-0.4, -0.2) is 115 Å². The highest BCUT2D eigenvalue weighted by Gasteiger charge is 2.38. The molecule has 0 bridgehead atoms. The molecule has 0 saturated carbocycles. The maximum absolute atomic E-state index is 14.0. The van der Waals surface area contributed by atoms with Crippen molar-refractivity contribution >= 4 is 51.7 Å². The van der Waals surface area contributed by atoms with Crippen molar-refractivity contribution in [3.05, 3.63) is 45.3 Å². The molecule has 3 saturated heterocycles. The van der Waals surface area contributed by atoms with E-state index in [1.807, 2.05) is 11.4 Å². The number of likely N-dealkylation sites (tertiary alicyclic amines) is 1. The van der Waals surface area contributed by atoms with Gasteiger partial charge in [-0.25, -0.2) is 9.59 Å². The van der Waals surface area contributed by atoms with Gasteiger partial charge in [-0.2, -0.15) is 13.2 Å². The monoisotopic (exact) mass is 711 g/mol. The highest BCUT2D eigenvalue weighted by atomic mass is 35.5. The summed E-state index contributed by atoms with van der Waals surface area (Å²) in [6, 6.07) is 4.51. The normalized spacial score (nSPS) is 20.7. The van der Waals surface area contributed by atoms with Crippen LogP contribution in [0.3, 0.4) is 0 Å². The zero-order valence-corrected chi connectivity index (χ0v) is 28.4. The summed E-state index contributed by atoms with van der Waals surface area (Å²) in [6.45, 7) is 5.21. The number of alkyl halides is 3. The summed E-state index contributed by atoms with van der Waals surface area (Å²) >= 11 is 7.75. The molecule has 0 aliphatic carbocycles. The lowest BCUT2D eigenvalue weighted by Gasteiger charge is -2.42. The Bertz CT molecular complexity index is 1490. The smallest absolute Gasteiger partial charge is 0.418 e. The average molecular weight is 712 g/mol. The Morgan fingerprint density at radius 1 is 1.04 bits per heavy atom. The summed E-state index contributed by atoms with van der Waals surface area (Å²) in [7, 11) is 1.36. The van der Waals surface area contributed by atoms with Gasteiger partial charge in [0.25, 0.3) is 5.91 Å². The van der Waals surface area contributed by atoms with Crippen LogP contribution in [0.1, 0.15) is 42.4 Å². The number of carbonyl (C=O) groups is 3. The molecule has 4 aliphatic heterocycles. The Balaban J connectivity index is 1.14. The summed E-state index contributed by atoms with van der Waals surface area (Å²) < 4.78 is 47.8. The molecule has 2 aromatic rings. The van der Waals surface area contributed by atoms with Gasteiger partial charge in [0.2, 0.25) is 0 Å². The highest BCUT2D eigenvalue weighted by Crippen LogP contribution is 2.40. The van der Waals surface area contributed by atoms with Crippen molar-refractivity contribution in [1.29, 1.82) is 0 Å². The van der Waals surface area contributed by atoms with Crippen molar-refractivity contribution in [2.45, 2.75) is 63.0 Å². The second kappa shape index (κ2) is 14.7. The number of amides is 4. The predicted octanol–water partition coefficient (Wildman–Crippen LogP) is 4.92. The number of urea groups is 1. The van der Waals surface area contributed by atoms with Crippen molar-refractivity contribution < 1.29 is 32.3 Å². The number of nitrogens with one attached hydrogen (secondary N) is 3. The molecule has 1 aromatic carbocycles. The Labute approximate surface area is 286 Å². The van der Waals surface area contributed by atoms with Gasteiger partial charge >= 0.3 is 18.3 Å². The number of piperazine rings is 1. The summed E-state index contributed by atoms with van der Waals surface area (Å²) in [5, 5.41) is 11.4. The number of fused-ring (bicyclic) bond motifs is 1. The van der Waals surface area contributed by atoms with E-state index in [2.05, 4.69) is 20.9 Å². The number of benzene rings is 1. The summed E-state index contributed by atoms with van der Waals surface area (Å²) in [4.78, 5) is 47.5. The Morgan fingerprint density at radius 3 is 2.42 bits per heavy atom. The number of halogens is 4. The molecule has 1 aromatic heterocycles. The van der Waals surface area contributed by atoms with E-state index in [0.717, 1.165) is 42.6 Å².